The Balaban J connectivity index is 1.32. The molecular weight excluding hydrogens is 1750 g/mol. The minimum absolute atomic E-state index is 0.101. The molecule has 0 unspecified atom stereocenters. The summed E-state index contributed by atoms with van der Waals surface area (Å²) >= 11 is 0.712. The van der Waals surface area contributed by atoms with Crippen LogP contribution in [0.2, 0.25) is 0 Å². The van der Waals surface area contributed by atoms with Gasteiger partial charge in [-0.3, -0.25) is 86.3 Å². The van der Waals surface area contributed by atoms with Crippen molar-refractivity contribution in [2.24, 2.45) is 46.8 Å². The number of nitrogens with one attached hydrogen (secondary N) is 15. The quantitative estimate of drug-likeness (QED) is 0.0344. The van der Waals surface area contributed by atoms with E-state index in [1.807, 2.05) is 42.5 Å². The second-order valence-electron chi connectivity index (χ2n) is 35.3. The van der Waals surface area contributed by atoms with E-state index in [0.717, 1.165) is 16.0 Å². The summed E-state index contributed by atoms with van der Waals surface area (Å²) in [6.07, 6.45) is -1.72. The molecule has 0 aliphatic carbocycles. The second kappa shape index (κ2) is 51.9. The molecule has 1 fully saturated rings. The number of aromatic hydroxyl groups is 1. The Morgan fingerprint density at radius 1 is 0.410 bits per heavy atom. The van der Waals surface area contributed by atoms with Crippen molar-refractivity contribution in [1.29, 1.82) is 0 Å². The largest absolute Gasteiger partial charge is 0.508 e. The maximum atomic E-state index is 15.5. The number of aromatic nitrogens is 1. The van der Waals surface area contributed by atoms with Crippen LogP contribution in [0.3, 0.4) is 0 Å². The molecule has 0 spiro atoms. The first-order chi connectivity index (χ1) is 63.4. The van der Waals surface area contributed by atoms with Gasteiger partial charge in [-0.1, -0.05) is 184 Å². The molecule has 7 rings (SSSR count). The van der Waals surface area contributed by atoms with Gasteiger partial charge in [-0.25, -0.2) is 0 Å². The number of H-pyrrole nitrogens is 1. The molecule has 18 amide bonds. The number of likely N-dealkylation sites (N-methyl/N-ethyl adjacent to an activating group) is 1. The number of phenolic OH excluding ortho intramolecular Hbond substituents is 1. The van der Waals surface area contributed by atoms with Gasteiger partial charge in [0.1, 0.15) is 90.3 Å². The van der Waals surface area contributed by atoms with E-state index >= 15 is 33.6 Å². The predicted molar refractivity (Wildman–Crippen MR) is 499 cm³/mol. The van der Waals surface area contributed by atoms with Crippen molar-refractivity contribution in [3.05, 3.63) is 162 Å². The van der Waals surface area contributed by atoms with Crippen molar-refractivity contribution in [1.82, 2.24) is 84.3 Å². The lowest BCUT2D eigenvalue weighted by Gasteiger charge is -2.33. The molecule has 23 N–H and O–H groups in total. The van der Waals surface area contributed by atoms with E-state index in [9.17, 15) is 63.0 Å². The second-order valence-corrected chi connectivity index (χ2v) is 36.4. The Morgan fingerprint density at radius 2 is 0.784 bits per heavy atom. The van der Waals surface area contributed by atoms with Crippen LogP contribution in [0.15, 0.2) is 140 Å². The van der Waals surface area contributed by atoms with Gasteiger partial charge in [-0.2, -0.15) is 0 Å². The van der Waals surface area contributed by atoms with E-state index in [2.05, 4.69) is 79.4 Å². The number of benzene rings is 5. The zero-order valence-corrected chi connectivity index (χ0v) is 78.1. The number of para-hydroxylation sites is 1. The van der Waals surface area contributed by atoms with Gasteiger partial charge < -0.3 is 112 Å². The highest BCUT2D eigenvalue weighted by molar-refractivity contribution is 8.00. The number of primary amides is 3. The van der Waals surface area contributed by atoms with E-state index in [4.69, 9.17) is 17.2 Å². The van der Waals surface area contributed by atoms with Crippen LogP contribution in [0.1, 0.15) is 131 Å². The first kappa shape index (κ1) is 107. The predicted octanol–water partition coefficient (Wildman–Crippen LogP) is -0.498. The molecule has 6 aromatic rings. The Hall–Kier alpha value is -13.8. The summed E-state index contributed by atoms with van der Waals surface area (Å²) in [7, 11) is 1.28. The van der Waals surface area contributed by atoms with Gasteiger partial charge in [0.05, 0.1) is 31.7 Å². The highest BCUT2D eigenvalue weighted by Crippen LogP contribution is 2.24. The normalized spacial score (nSPS) is 23.3. The van der Waals surface area contributed by atoms with Gasteiger partial charge in [0.25, 0.3) is 0 Å². The summed E-state index contributed by atoms with van der Waals surface area (Å²) in [5, 5.41) is 57.8. The minimum Gasteiger partial charge on any atom is -0.508 e. The van der Waals surface area contributed by atoms with Gasteiger partial charge in [0.2, 0.25) is 106 Å². The number of phenols is 1. The number of nitrogens with two attached hydrogens (primary N) is 3. The number of carbonyl (C=O) groups excluding carboxylic acids is 18. The molecule has 39 nitrogen and oxygen atoms in total. The molecule has 5 aromatic carbocycles. The molecule has 0 saturated carbocycles. The third-order valence-electron chi connectivity index (χ3n) is 22.1. The first-order valence-electron chi connectivity index (χ1n) is 44.4. The summed E-state index contributed by atoms with van der Waals surface area (Å²) in [5.41, 5.74) is 20.9. The molecule has 0 radical (unpaired) electrons. The molecule has 1 aliphatic rings. The number of hydrogen-bond acceptors (Lipinski definition) is 21. The van der Waals surface area contributed by atoms with E-state index in [1.54, 1.807) is 128 Å². The Kier molecular flexibility index (Phi) is 41.5. The average molecular weight is 1880 g/mol. The maximum absolute atomic E-state index is 15.5. The van der Waals surface area contributed by atoms with Crippen LogP contribution in [0.4, 0.5) is 0 Å². The van der Waals surface area contributed by atoms with Crippen LogP contribution in [-0.4, -0.2) is 243 Å². The molecule has 0 bridgehead atoms. The minimum atomic E-state index is -1.94. The van der Waals surface area contributed by atoms with E-state index < -0.39 is 247 Å². The van der Waals surface area contributed by atoms with Crippen LogP contribution < -0.4 is 91.6 Å². The SMILES string of the molecule is CC(C)C[C@@H]1NC(=O)[C@H](Cc2c[nH]c3ccccc23)NC(=O)[C@H](CC(N)=O)NC(=O)[C@H](Cc2ccc(O)cc2)NC(=O)[C@H](Cc2ccccc2)NC(=O)CSC[C@@H](C(=O)NCC(N)=O)NC(=O)[C@H](CO)NC(=O)[C@H](C(C)C)NC(=O)[C@H](CC(C)C)NC(=O)[C@H](CC(N)=O)NC(=O)[C@@H](CC(C)C)NC(=O)[C@H](C)N(C)C(=O)[C@H](C(C)C)NC(=O)[C@H](Cc2ccc(-c3ccccc3)cc2)NC1=O. The van der Waals surface area contributed by atoms with Crippen LogP contribution in [0, 0.1) is 29.6 Å². The summed E-state index contributed by atoms with van der Waals surface area (Å²) in [5.74, 6) is -22.3. The van der Waals surface area contributed by atoms with Crippen molar-refractivity contribution >= 4 is 129 Å². The molecule has 2 heterocycles. The molecule has 724 valence electrons. The summed E-state index contributed by atoms with van der Waals surface area (Å²) < 4.78 is 0. The topological polar surface area (TPSA) is 613 Å². The fraction of sp³-hybridized carbons (Fsp3) is 0.468. The zero-order valence-electron chi connectivity index (χ0n) is 77.3. The van der Waals surface area contributed by atoms with Crippen LogP contribution >= 0.6 is 11.8 Å². The third-order valence-corrected chi connectivity index (χ3v) is 23.1. The third kappa shape index (κ3) is 33.8. The number of carbonyl (C=O) groups is 18. The summed E-state index contributed by atoms with van der Waals surface area (Å²) in [4.78, 5) is 264. The van der Waals surface area contributed by atoms with Crippen LogP contribution in [0.25, 0.3) is 22.0 Å². The number of aliphatic hydroxyl groups is 1. The van der Waals surface area contributed by atoms with Crippen LogP contribution in [-0.2, 0) is 112 Å². The van der Waals surface area contributed by atoms with Gasteiger partial charge >= 0.3 is 0 Å². The number of amides is 18. The smallest absolute Gasteiger partial charge is 0.245 e. The summed E-state index contributed by atoms with van der Waals surface area (Å²) in [6.45, 7) is 16.1. The highest BCUT2D eigenvalue weighted by atomic mass is 32.2. The van der Waals surface area contributed by atoms with Crippen molar-refractivity contribution in [3.8, 4) is 16.9 Å². The van der Waals surface area contributed by atoms with Gasteiger partial charge in [0, 0.05) is 55.6 Å². The molecule has 14 atom stereocenters. The number of nitrogens with zero attached hydrogens (tertiary/aromatic N) is 1. The number of thioether (sulfide) groups is 1. The fourth-order valence-corrected chi connectivity index (χ4v) is 15.6. The Bertz CT molecular complexity index is 5120. The van der Waals surface area contributed by atoms with Crippen LogP contribution in [0.5, 0.6) is 5.75 Å². The lowest BCUT2D eigenvalue weighted by atomic mass is 9.97. The van der Waals surface area contributed by atoms with E-state index in [1.165, 1.54) is 52.1 Å². The molecule has 1 saturated heterocycles. The molecule has 1 aromatic heterocycles. The molecule has 1 aliphatic heterocycles. The number of rotatable bonds is 25. The van der Waals surface area contributed by atoms with Crippen molar-refractivity contribution in [2.75, 3.05) is 31.7 Å². The molecular formula is C94H127N19O20S. The first-order valence-corrected chi connectivity index (χ1v) is 45.6. The Labute approximate surface area is 781 Å². The van der Waals surface area contributed by atoms with Crippen molar-refractivity contribution in [2.45, 2.75) is 219 Å². The Morgan fingerprint density at radius 3 is 1.25 bits per heavy atom. The molecule has 134 heavy (non-hydrogen) atoms. The van der Waals surface area contributed by atoms with Gasteiger partial charge in [-0.15, -0.1) is 11.8 Å². The average Bonchev–Trinajstić information content (AvgIpc) is 1.03. The number of aliphatic hydroxyl groups excluding tert-OH is 1. The maximum Gasteiger partial charge on any atom is 0.245 e. The monoisotopic (exact) mass is 1870 g/mol. The van der Waals surface area contributed by atoms with Crippen molar-refractivity contribution in [3.63, 3.8) is 0 Å². The molecule has 40 heteroatoms. The lowest BCUT2D eigenvalue weighted by Crippen LogP contribution is -2.62. The van der Waals surface area contributed by atoms with E-state index in [-0.39, 0.29) is 62.0 Å². The van der Waals surface area contributed by atoms with E-state index in [0.29, 0.717) is 44.9 Å². The summed E-state index contributed by atoms with van der Waals surface area (Å²) in [6, 6.07) is 14.4. The van der Waals surface area contributed by atoms with Gasteiger partial charge in [-0.05, 0) is 107 Å². The standard InChI is InChI=1S/C94H127N19O20S/c1-49(2)35-64-83(122)107-71(42-75(95)116)88(127)103-66(37-51(5)6)90(129)111-79(52(7)8)93(132)109-73(46-114)92(131)110-74(82(121)99-45-77(97)118)47-134-48-78(119)100-67(38-55-21-15-13-16-22-55)85(124)104-68(40-57-29-33-61(115)34-30-57)86(125)108-72(43-76(96)117)89(128)106-70(41-60-44-98-63-26-20-19-25-62(60)63)87(126)102-65(36-50(3)4)84(123)105-69(39-56-27-31-59(32-28-56)58-23-17-14-18-24-58)91(130)112-80(53(9)10)94(133)113(12)54(11)81(120)101-64/h13-34,44,49-54,64-74,79-80,98,114-115H,35-43,45-48H2,1-12H3,(H2,95,116)(H2,96,117)(H2,97,118)(H,99,121)(H,100,119)(H,101,120)(H,102,126)(H,103,127)(H,104,124)(H,105,123)(H,106,128)(H,107,122)(H,108,125)(H,109,132)(H,110,131)(H,111,129)(H,112,130)/t54-,64+,65-,66-,67-,68-,69-,70-,71-,72-,73-,74-,79-,80-/m0/s1. The fourth-order valence-electron chi connectivity index (χ4n) is 14.8. The van der Waals surface area contributed by atoms with Crippen molar-refractivity contribution < 1.29 is 96.5 Å². The number of aromatic amines is 1. The highest BCUT2D eigenvalue weighted by Gasteiger charge is 2.41. The van der Waals surface area contributed by atoms with Gasteiger partial charge in [0.15, 0.2) is 0 Å². The lowest BCUT2D eigenvalue weighted by molar-refractivity contribution is -0.143. The number of hydrogen-bond donors (Lipinski definition) is 20. The zero-order chi connectivity index (χ0) is 98.9. The number of fused-ring (bicyclic) bond motifs is 1.